The van der Waals surface area contributed by atoms with E-state index in [-0.39, 0.29) is 12.8 Å². The number of rotatable bonds is 8. The van der Waals surface area contributed by atoms with E-state index < -0.39 is 5.92 Å². The fourth-order valence-electron chi connectivity index (χ4n) is 3.74. The molecule has 2 atom stereocenters. The second kappa shape index (κ2) is 8.42. The third-order valence-corrected chi connectivity index (χ3v) is 5.05. The van der Waals surface area contributed by atoms with Crippen LogP contribution >= 0.6 is 0 Å². The molecule has 0 aromatic heterocycles. The van der Waals surface area contributed by atoms with Gasteiger partial charge in [-0.3, -0.25) is 0 Å². The zero-order valence-corrected chi connectivity index (χ0v) is 13.4. The van der Waals surface area contributed by atoms with Crippen LogP contribution in [0.25, 0.3) is 0 Å². The number of ether oxygens (including phenoxy) is 1. The van der Waals surface area contributed by atoms with E-state index in [0.29, 0.717) is 30.9 Å². The molecule has 2 fully saturated rings. The Labute approximate surface area is 128 Å². The van der Waals surface area contributed by atoms with Gasteiger partial charge in [0.15, 0.2) is 0 Å². The van der Waals surface area contributed by atoms with E-state index in [1.165, 1.54) is 12.8 Å². The van der Waals surface area contributed by atoms with Crippen LogP contribution in [0.3, 0.4) is 0 Å². The molecule has 1 heterocycles. The minimum Gasteiger partial charge on any atom is -0.378 e. The van der Waals surface area contributed by atoms with Gasteiger partial charge in [-0.05, 0) is 63.8 Å². The number of hydrogen-bond donors (Lipinski definition) is 1. The topological polar surface area (TPSA) is 21.3 Å². The van der Waals surface area contributed by atoms with Gasteiger partial charge in [-0.1, -0.05) is 6.92 Å². The van der Waals surface area contributed by atoms with E-state index in [0.717, 1.165) is 38.8 Å². The van der Waals surface area contributed by atoms with Gasteiger partial charge in [-0.15, -0.1) is 0 Å². The van der Waals surface area contributed by atoms with Crippen LogP contribution in [0, 0.1) is 5.92 Å². The molecule has 0 bridgehead atoms. The summed E-state index contributed by atoms with van der Waals surface area (Å²) < 4.78 is 32.3. The van der Waals surface area contributed by atoms with Gasteiger partial charge < -0.3 is 10.1 Å². The van der Waals surface area contributed by atoms with Gasteiger partial charge in [0.05, 0.1) is 6.10 Å². The molecule has 1 saturated heterocycles. The second-order valence-electron chi connectivity index (χ2n) is 6.82. The Balaban J connectivity index is 1.74. The standard InChI is InChI=1S/C17H31F2NO/c1-2-12-20-16(7-3-5-15-6-4-13-21-15)14-8-10-17(18,19)11-9-14/h14-16,20H,2-13H2,1H3. The predicted molar refractivity (Wildman–Crippen MR) is 81.8 cm³/mol. The molecule has 0 amide bonds. The molecule has 1 aliphatic carbocycles. The number of halogens is 2. The van der Waals surface area contributed by atoms with Crippen molar-refractivity contribution in [2.24, 2.45) is 5.92 Å². The first-order valence-electron chi connectivity index (χ1n) is 8.83. The van der Waals surface area contributed by atoms with E-state index in [1.54, 1.807) is 0 Å². The zero-order chi connectivity index (χ0) is 15.1. The van der Waals surface area contributed by atoms with E-state index in [4.69, 9.17) is 4.74 Å². The summed E-state index contributed by atoms with van der Waals surface area (Å²) in [6.07, 6.45) is 8.84. The normalized spacial score (nSPS) is 27.9. The van der Waals surface area contributed by atoms with Crippen molar-refractivity contribution in [1.29, 1.82) is 0 Å². The molecule has 2 rings (SSSR count). The molecule has 2 unspecified atom stereocenters. The predicted octanol–water partition coefficient (Wildman–Crippen LogP) is 4.53. The highest BCUT2D eigenvalue weighted by Gasteiger charge is 2.37. The Morgan fingerprint density at radius 3 is 2.62 bits per heavy atom. The van der Waals surface area contributed by atoms with Crippen molar-refractivity contribution in [3.63, 3.8) is 0 Å². The average Bonchev–Trinajstić information content (AvgIpc) is 2.96. The van der Waals surface area contributed by atoms with Crippen molar-refractivity contribution < 1.29 is 13.5 Å². The lowest BCUT2D eigenvalue weighted by Crippen LogP contribution is -2.40. The molecule has 0 radical (unpaired) electrons. The van der Waals surface area contributed by atoms with Crippen molar-refractivity contribution in [2.75, 3.05) is 13.2 Å². The summed E-state index contributed by atoms with van der Waals surface area (Å²) in [5, 5.41) is 3.61. The Bertz CT molecular complexity index is 283. The molecule has 0 spiro atoms. The summed E-state index contributed by atoms with van der Waals surface area (Å²) in [4.78, 5) is 0. The number of nitrogens with one attached hydrogen (secondary N) is 1. The quantitative estimate of drug-likeness (QED) is 0.711. The Kier molecular flexibility index (Phi) is 6.87. The van der Waals surface area contributed by atoms with Crippen molar-refractivity contribution in [1.82, 2.24) is 5.32 Å². The summed E-state index contributed by atoms with van der Waals surface area (Å²) >= 11 is 0. The maximum absolute atomic E-state index is 13.3. The van der Waals surface area contributed by atoms with Crippen LogP contribution in [0.4, 0.5) is 8.78 Å². The van der Waals surface area contributed by atoms with Crippen LogP contribution in [-0.4, -0.2) is 31.2 Å². The Hall–Kier alpha value is -0.220. The van der Waals surface area contributed by atoms with Crippen molar-refractivity contribution in [3.05, 3.63) is 0 Å². The highest BCUT2D eigenvalue weighted by atomic mass is 19.3. The fraction of sp³-hybridized carbons (Fsp3) is 1.00. The lowest BCUT2D eigenvalue weighted by Gasteiger charge is -2.34. The first kappa shape index (κ1) is 17.1. The van der Waals surface area contributed by atoms with E-state index in [1.807, 2.05) is 0 Å². The van der Waals surface area contributed by atoms with Gasteiger partial charge in [-0.2, -0.15) is 0 Å². The summed E-state index contributed by atoms with van der Waals surface area (Å²) in [7, 11) is 0. The molecule has 2 nitrogen and oxygen atoms in total. The van der Waals surface area contributed by atoms with Crippen LogP contribution in [0.5, 0.6) is 0 Å². The molecule has 0 aromatic carbocycles. The molecule has 21 heavy (non-hydrogen) atoms. The molecule has 4 heteroatoms. The van der Waals surface area contributed by atoms with Gasteiger partial charge in [-0.25, -0.2) is 8.78 Å². The molecular formula is C17H31F2NO. The summed E-state index contributed by atoms with van der Waals surface area (Å²) in [5.74, 6) is -1.98. The highest BCUT2D eigenvalue weighted by Crippen LogP contribution is 2.38. The van der Waals surface area contributed by atoms with Crippen molar-refractivity contribution >= 4 is 0 Å². The molecule has 2 aliphatic rings. The fourth-order valence-corrected chi connectivity index (χ4v) is 3.74. The van der Waals surface area contributed by atoms with Crippen LogP contribution < -0.4 is 5.32 Å². The van der Waals surface area contributed by atoms with Gasteiger partial charge in [0.1, 0.15) is 0 Å². The summed E-state index contributed by atoms with van der Waals surface area (Å²) in [5.41, 5.74) is 0. The van der Waals surface area contributed by atoms with E-state index in [2.05, 4.69) is 12.2 Å². The van der Waals surface area contributed by atoms with Crippen LogP contribution in [-0.2, 0) is 4.74 Å². The third-order valence-electron chi connectivity index (χ3n) is 5.05. The summed E-state index contributed by atoms with van der Waals surface area (Å²) in [6.45, 7) is 4.07. The molecule has 0 aromatic rings. The zero-order valence-electron chi connectivity index (χ0n) is 13.4. The smallest absolute Gasteiger partial charge is 0.248 e. The first-order valence-corrected chi connectivity index (χ1v) is 8.83. The van der Waals surface area contributed by atoms with E-state index in [9.17, 15) is 8.78 Å². The Morgan fingerprint density at radius 2 is 2.00 bits per heavy atom. The van der Waals surface area contributed by atoms with E-state index >= 15 is 0 Å². The average molecular weight is 303 g/mol. The minimum atomic E-state index is -2.41. The molecular weight excluding hydrogens is 272 g/mol. The highest BCUT2D eigenvalue weighted by molar-refractivity contribution is 4.85. The van der Waals surface area contributed by atoms with Crippen LogP contribution in [0.1, 0.15) is 71.1 Å². The number of alkyl halides is 2. The lowest BCUT2D eigenvalue weighted by atomic mass is 9.80. The van der Waals surface area contributed by atoms with Crippen molar-refractivity contribution in [2.45, 2.75) is 89.2 Å². The molecule has 1 saturated carbocycles. The van der Waals surface area contributed by atoms with Crippen molar-refractivity contribution in [3.8, 4) is 0 Å². The van der Waals surface area contributed by atoms with Gasteiger partial charge >= 0.3 is 0 Å². The monoisotopic (exact) mass is 303 g/mol. The van der Waals surface area contributed by atoms with Gasteiger partial charge in [0.2, 0.25) is 5.92 Å². The first-order chi connectivity index (χ1) is 10.1. The maximum Gasteiger partial charge on any atom is 0.248 e. The largest absolute Gasteiger partial charge is 0.378 e. The SMILES string of the molecule is CCCNC(CCCC1CCCO1)C1CCC(F)(F)CC1. The van der Waals surface area contributed by atoms with Gasteiger partial charge in [0, 0.05) is 25.5 Å². The van der Waals surface area contributed by atoms with Crippen LogP contribution in [0.2, 0.25) is 0 Å². The minimum absolute atomic E-state index is 0.0771. The summed E-state index contributed by atoms with van der Waals surface area (Å²) in [6, 6.07) is 0.419. The van der Waals surface area contributed by atoms with Gasteiger partial charge in [0.25, 0.3) is 0 Å². The Morgan fingerprint density at radius 1 is 1.24 bits per heavy atom. The second-order valence-corrected chi connectivity index (χ2v) is 6.82. The van der Waals surface area contributed by atoms with Crippen LogP contribution in [0.15, 0.2) is 0 Å². The third kappa shape index (κ3) is 5.82. The molecule has 124 valence electrons. The lowest BCUT2D eigenvalue weighted by molar-refractivity contribution is -0.0500. The number of hydrogen-bond acceptors (Lipinski definition) is 2. The maximum atomic E-state index is 13.3. The molecule has 1 aliphatic heterocycles. The molecule has 1 N–H and O–H groups in total.